The molecular formula is C14H22N4S. The highest BCUT2D eigenvalue weighted by Crippen LogP contribution is 2.26. The monoisotopic (exact) mass is 278 g/mol. The van der Waals surface area contributed by atoms with Crippen LogP contribution in [0.25, 0.3) is 0 Å². The molecule has 0 saturated heterocycles. The number of nitrogens with one attached hydrogen (secondary N) is 1. The second kappa shape index (κ2) is 6.82. The molecule has 0 saturated carbocycles. The van der Waals surface area contributed by atoms with Crippen LogP contribution in [0.1, 0.15) is 42.6 Å². The summed E-state index contributed by atoms with van der Waals surface area (Å²) in [5, 5.41) is 10.0. The molecule has 0 amide bonds. The zero-order chi connectivity index (χ0) is 13.7. The Morgan fingerprint density at radius 1 is 1.42 bits per heavy atom. The van der Waals surface area contributed by atoms with Crippen LogP contribution < -0.4 is 5.32 Å². The van der Waals surface area contributed by atoms with Crippen LogP contribution in [0, 0.1) is 6.92 Å². The molecule has 2 heterocycles. The van der Waals surface area contributed by atoms with E-state index in [-0.39, 0.29) is 0 Å². The molecule has 4 nitrogen and oxygen atoms in total. The first-order valence-corrected chi connectivity index (χ1v) is 7.78. The van der Waals surface area contributed by atoms with Crippen LogP contribution in [0.5, 0.6) is 0 Å². The summed E-state index contributed by atoms with van der Waals surface area (Å²) in [7, 11) is 0. The van der Waals surface area contributed by atoms with Gasteiger partial charge in [0, 0.05) is 23.9 Å². The summed E-state index contributed by atoms with van der Waals surface area (Å²) in [5.74, 6) is 1.07. The fourth-order valence-electron chi connectivity index (χ4n) is 2.27. The van der Waals surface area contributed by atoms with E-state index in [2.05, 4.69) is 47.6 Å². The van der Waals surface area contributed by atoms with E-state index in [1.54, 1.807) is 6.33 Å². The van der Waals surface area contributed by atoms with E-state index in [1.165, 1.54) is 10.4 Å². The summed E-state index contributed by atoms with van der Waals surface area (Å²) < 4.78 is 2.02. The Bertz CT molecular complexity index is 503. The number of hydrogen-bond donors (Lipinski definition) is 1. The van der Waals surface area contributed by atoms with Gasteiger partial charge >= 0.3 is 0 Å². The summed E-state index contributed by atoms with van der Waals surface area (Å²) >= 11 is 1.82. The van der Waals surface area contributed by atoms with Crippen molar-refractivity contribution in [3.8, 4) is 0 Å². The number of rotatable bonds is 7. The van der Waals surface area contributed by atoms with Crippen molar-refractivity contribution in [2.24, 2.45) is 0 Å². The van der Waals surface area contributed by atoms with Gasteiger partial charge in [0.25, 0.3) is 0 Å². The molecule has 0 radical (unpaired) electrons. The van der Waals surface area contributed by atoms with Crippen LogP contribution in [0.2, 0.25) is 0 Å². The van der Waals surface area contributed by atoms with Gasteiger partial charge in [-0.1, -0.05) is 13.8 Å². The van der Waals surface area contributed by atoms with Crippen molar-refractivity contribution in [2.45, 2.75) is 46.2 Å². The minimum Gasteiger partial charge on any atom is -0.309 e. The Morgan fingerprint density at radius 2 is 2.26 bits per heavy atom. The molecule has 0 bridgehead atoms. The van der Waals surface area contributed by atoms with Gasteiger partial charge in [-0.2, -0.15) is 5.10 Å². The van der Waals surface area contributed by atoms with Crippen LogP contribution in [0.3, 0.4) is 0 Å². The molecule has 2 rings (SSSR count). The van der Waals surface area contributed by atoms with Crippen molar-refractivity contribution in [3.05, 3.63) is 34.0 Å². The van der Waals surface area contributed by atoms with Crippen molar-refractivity contribution in [2.75, 3.05) is 6.54 Å². The fraction of sp³-hybridized carbons (Fsp3) is 0.571. The molecule has 0 fully saturated rings. The van der Waals surface area contributed by atoms with Gasteiger partial charge in [-0.05, 0) is 36.9 Å². The highest BCUT2D eigenvalue weighted by Gasteiger charge is 2.17. The predicted octanol–water partition coefficient (Wildman–Crippen LogP) is 2.95. The number of nitrogens with zero attached hydrogens (tertiary/aromatic N) is 3. The lowest BCUT2D eigenvalue weighted by Crippen LogP contribution is -2.24. The summed E-state index contributed by atoms with van der Waals surface area (Å²) in [6.45, 7) is 8.39. The number of hydrogen-bond acceptors (Lipinski definition) is 4. The van der Waals surface area contributed by atoms with E-state index in [9.17, 15) is 0 Å². The highest BCUT2D eigenvalue weighted by atomic mass is 32.1. The molecule has 5 heteroatoms. The van der Waals surface area contributed by atoms with E-state index in [1.807, 2.05) is 16.0 Å². The average molecular weight is 278 g/mol. The molecule has 19 heavy (non-hydrogen) atoms. The van der Waals surface area contributed by atoms with Gasteiger partial charge in [0.2, 0.25) is 0 Å². The second-order valence-electron chi connectivity index (χ2n) is 4.68. The fourth-order valence-corrected chi connectivity index (χ4v) is 3.28. The first-order chi connectivity index (χ1) is 9.26. The Balaban J connectivity index is 2.17. The van der Waals surface area contributed by atoms with Gasteiger partial charge < -0.3 is 5.32 Å². The predicted molar refractivity (Wildman–Crippen MR) is 79.5 cm³/mol. The molecule has 1 N–H and O–H groups in total. The van der Waals surface area contributed by atoms with Crippen molar-refractivity contribution < 1.29 is 0 Å². The van der Waals surface area contributed by atoms with Crippen LogP contribution in [-0.2, 0) is 13.0 Å². The molecule has 104 valence electrons. The maximum Gasteiger partial charge on any atom is 0.138 e. The van der Waals surface area contributed by atoms with Gasteiger partial charge in [-0.25, -0.2) is 4.98 Å². The van der Waals surface area contributed by atoms with Crippen LogP contribution >= 0.6 is 11.3 Å². The zero-order valence-corrected chi connectivity index (χ0v) is 12.7. The smallest absolute Gasteiger partial charge is 0.138 e. The summed E-state index contributed by atoms with van der Waals surface area (Å²) in [5.41, 5.74) is 1.36. The van der Waals surface area contributed by atoms with Crippen molar-refractivity contribution in [3.63, 3.8) is 0 Å². The summed E-state index contributed by atoms with van der Waals surface area (Å²) in [4.78, 5) is 5.82. The lowest BCUT2D eigenvalue weighted by molar-refractivity contribution is 0.502. The normalized spacial score (nSPS) is 12.8. The van der Waals surface area contributed by atoms with Gasteiger partial charge in [0.05, 0.1) is 0 Å². The van der Waals surface area contributed by atoms with E-state index in [0.717, 1.165) is 31.8 Å². The number of aryl methyl sites for hydroxylation is 2. The molecule has 0 aliphatic carbocycles. The van der Waals surface area contributed by atoms with Gasteiger partial charge in [0.1, 0.15) is 12.2 Å². The third-order valence-corrected chi connectivity index (χ3v) is 4.32. The summed E-state index contributed by atoms with van der Waals surface area (Å²) in [6.07, 6.45) is 3.64. The maximum atomic E-state index is 4.41. The minimum absolute atomic E-state index is 0.338. The number of aromatic nitrogens is 3. The molecular weight excluding hydrogens is 256 g/mol. The van der Waals surface area contributed by atoms with Crippen molar-refractivity contribution >= 4 is 11.3 Å². The van der Waals surface area contributed by atoms with Gasteiger partial charge in [0.15, 0.2) is 0 Å². The molecule has 0 aliphatic rings. The Hall–Kier alpha value is -1.20. The highest BCUT2D eigenvalue weighted by molar-refractivity contribution is 7.10. The van der Waals surface area contributed by atoms with E-state index < -0.39 is 0 Å². The second-order valence-corrected chi connectivity index (χ2v) is 5.63. The molecule has 1 atom stereocenters. The molecule has 0 aliphatic heterocycles. The number of thiophene rings is 1. The van der Waals surface area contributed by atoms with Gasteiger partial charge in [-0.15, -0.1) is 11.3 Å². The average Bonchev–Trinajstić information content (AvgIpc) is 2.99. The van der Waals surface area contributed by atoms with Crippen molar-refractivity contribution in [1.29, 1.82) is 0 Å². The first-order valence-electron chi connectivity index (χ1n) is 6.90. The lowest BCUT2D eigenvalue weighted by atomic mass is 10.1. The Kier molecular flexibility index (Phi) is 5.10. The topological polar surface area (TPSA) is 42.7 Å². The first kappa shape index (κ1) is 14.2. The Labute approximate surface area is 118 Å². The van der Waals surface area contributed by atoms with Crippen molar-refractivity contribution in [1.82, 2.24) is 20.1 Å². The third kappa shape index (κ3) is 3.42. The maximum absolute atomic E-state index is 4.41. The van der Waals surface area contributed by atoms with Crippen LogP contribution in [-0.4, -0.2) is 21.3 Å². The van der Waals surface area contributed by atoms with Crippen LogP contribution in [0.4, 0.5) is 0 Å². The third-order valence-electron chi connectivity index (χ3n) is 3.19. The van der Waals surface area contributed by atoms with E-state index in [0.29, 0.717) is 6.04 Å². The largest absolute Gasteiger partial charge is 0.309 e. The molecule has 0 aromatic carbocycles. The Morgan fingerprint density at radius 3 is 2.89 bits per heavy atom. The van der Waals surface area contributed by atoms with E-state index >= 15 is 0 Å². The summed E-state index contributed by atoms with van der Waals surface area (Å²) in [6, 6.07) is 2.52. The minimum atomic E-state index is 0.338. The molecule has 2 aromatic rings. The SMILES string of the molecule is CCCn1ncnc1CC(NCC)c1sccc1C. The number of likely N-dealkylation sites (N-methyl/N-ethyl adjacent to an activating group) is 1. The zero-order valence-electron chi connectivity index (χ0n) is 11.9. The molecule has 0 spiro atoms. The lowest BCUT2D eigenvalue weighted by Gasteiger charge is -2.17. The van der Waals surface area contributed by atoms with E-state index in [4.69, 9.17) is 0 Å². The van der Waals surface area contributed by atoms with Gasteiger partial charge in [-0.3, -0.25) is 4.68 Å². The standard InChI is InChI=1S/C14H22N4S/c1-4-7-18-13(16-10-17-18)9-12(15-5-2)14-11(3)6-8-19-14/h6,8,10,12,15H,4-5,7,9H2,1-3H3. The molecule has 2 aromatic heterocycles. The molecule has 1 unspecified atom stereocenters. The quantitative estimate of drug-likeness (QED) is 0.846. The van der Waals surface area contributed by atoms with Crippen LogP contribution in [0.15, 0.2) is 17.8 Å².